The maximum Gasteiger partial charge on any atom is 0.0409 e. The third-order valence-electron chi connectivity index (χ3n) is 5.91. The number of benzene rings is 3. The van der Waals surface area contributed by atoms with Crippen LogP contribution in [0.5, 0.6) is 0 Å². The van der Waals surface area contributed by atoms with Crippen LogP contribution in [0.15, 0.2) is 54.6 Å². The average Bonchev–Trinajstić information content (AvgIpc) is 2.81. The minimum absolute atomic E-state index is 0.0682. The van der Waals surface area contributed by atoms with Crippen molar-refractivity contribution < 1.29 is 0 Å². The summed E-state index contributed by atoms with van der Waals surface area (Å²) in [7, 11) is 0. The number of hydrogen-bond donors (Lipinski definition) is 0. The number of fused-ring (bicyclic) bond motifs is 3. The van der Waals surface area contributed by atoms with E-state index in [1.54, 1.807) is 0 Å². The number of hydrogen-bond acceptors (Lipinski definition) is 0. The van der Waals surface area contributed by atoms with Gasteiger partial charge in [0.05, 0.1) is 0 Å². The molecule has 4 rings (SSSR count). The van der Waals surface area contributed by atoms with E-state index < -0.39 is 0 Å². The Balaban J connectivity index is 1.95. The lowest BCUT2D eigenvalue weighted by atomic mass is 9.78. The monoisotopic (exact) mass is 374 g/mol. The van der Waals surface area contributed by atoms with Crippen molar-refractivity contribution in [1.29, 1.82) is 0 Å². The van der Waals surface area contributed by atoms with Gasteiger partial charge < -0.3 is 0 Å². The Morgan fingerprint density at radius 2 is 1.41 bits per heavy atom. The first-order valence-electron chi connectivity index (χ1n) is 9.65. The summed E-state index contributed by atoms with van der Waals surface area (Å²) in [5.41, 5.74) is 10.8. The van der Waals surface area contributed by atoms with Gasteiger partial charge in [-0.1, -0.05) is 88.7 Å². The second-order valence-corrected chi connectivity index (χ2v) is 9.81. The Morgan fingerprint density at radius 1 is 0.778 bits per heavy atom. The fourth-order valence-corrected chi connectivity index (χ4v) is 4.62. The molecule has 0 unspecified atom stereocenters. The van der Waals surface area contributed by atoms with Crippen molar-refractivity contribution in [1.82, 2.24) is 0 Å². The van der Waals surface area contributed by atoms with Gasteiger partial charge in [-0.25, -0.2) is 0 Å². The molecule has 0 bridgehead atoms. The quantitative estimate of drug-likeness (QED) is 0.405. The molecular weight excluding hydrogens is 348 g/mol. The van der Waals surface area contributed by atoms with Crippen LogP contribution < -0.4 is 0 Å². The van der Waals surface area contributed by atoms with E-state index in [2.05, 4.69) is 90.1 Å². The first-order chi connectivity index (χ1) is 12.6. The fraction of sp³-hybridized carbons (Fsp3) is 0.308. The lowest BCUT2D eigenvalue weighted by Gasteiger charge is -2.25. The summed E-state index contributed by atoms with van der Waals surface area (Å²) in [5, 5.41) is 0.808. The predicted octanol–water partition coefficient (Wildman–Crippen LogP) is 7.92. The zero-order valence-electron chi connectivity index (χ0n) is 17.1. The van der Waals surface area contributed by atoms with Crippen molar-refractivity contribution in [2.24, 2.45) is 0 Å². The van der Waals surface area contributed by atoms with Crippen molar-refractivity contribution >= 4 is 11.6 Å². The highest BCUT2D eigenvalue weighted by molar-refractivity contribution is 6.30. The average molecular weight is 375 g/mol. The van der Waals surface area contributed by atoms with E-state index in [0.29, 0.717) is 0 Å². The number of rotatable bonds is 1. The summed E-state index contributed by atoms with van der Waals surface area (Å²) in [6.45, 7) is 13.6. The van der Waals surface area contributed by atoms with Gasteiger partial charge >= 0.3 is 0 Å². The highest BCUT2D eigenvalue weighted by atomic mass is 35.5. The van der Waals surface area contributed by atoms with Crippen LogP contribution in [0.4, 0.5) is 0 Å². The number of halogens is 1. The summed E-state index contributed by atoms with van der Waals surface area (Å²) in [5.74, 6) is 0. The van der Waals surface area contributed by atoms with Crippen LogP contribution in [0, 0.1) is 6.92 Å². The Labute approximate surface area is 168 Å². The van der Waals surface area contributed by atoms with E-state index in [1.807, 2.05) is 6.07 Å². The van der Waals surface area contributed by atoms with E-state index >= 15 is 0 Å². The smallest absolute Gasteiger partial charge is 0.0409 e. The first-order valence-corrected chi connectivity index (χ1v) is 10.0. The molecule has 0 aromatic heterocycles. The molecule has 0 nitrogen and oxygen atoms in total. The van der Waals surface area contributed by atoms with Crippen LogP contribution >= 0.6 is 11.6 Å². The molecule has 3 aromatic carbocycles. The number of aryl methyl sites for hydroxylation is 1. The SMILES string of the molecule is Cc1cc(-c2ccc(C(C)(C)C)cc2)c2c(c1)-c1ccc(Cl)cc1C2(C)C. The predicted molar refractivity (Wildman–Crippen MR) is 118 cm³/mol. The van der Waals surface area contributed by atoms with E-state index in [4.69, 9.17) is 11.6 Å². The standard InChI is InChI=1S/C26H27Cl/c1-16-13-21(17-7-9-18(10-8-17)25(2,3)4)24-22(14-16)20-12-11-19(27)15-23(20)26(24,5)6/h7-15H,1-6H3. The molecule has 1 aliphatic carbocycles. The van der Waals surface area contributed by atoms with Gasteiger partial charge in [0.15, 0.2) is 0 Å². The van der Waals surface area contributed by atoms with Gasteiger partial charge in [0, 0.05) is 10.4 Å². The molecule has 27 heavy (non-hydrogen) atoms. The molecular formula is C26H27Cl. The lowest BCUT2D eigenvalue weighted by Crippen LogP contribution is -2.16. The van der Waals surface area contributed by atoms with Gasteiger partial charge in [-0.2, -0.15) is 0 Å². The lowest BCUT2D eigenvalue weighted by molar-refractivity contribution is 0.590. The Bertz CT molecular complexity index is 1030. The molecule has 0 fully saturated rings. The van der Waals surface area contributed by atoms with Crippen LogP contribution in [0.2, 0.25) is 5.02 Å². The molecule has 0 aliphatic heterocycles. The van der Waals surface area contributed by atoms with E-state index in [1.165, 1.54) is 44.5 Å². The summed E-state index contributed by atoms with van der Waals surface area (Å²) in [4.78, 5) is 0. The fourth-order valence-electron chi connectivity index (χ4n) is 4.45. The molecule has 3 aromatic rings. The molecule has 0 atom stereocenters. The minimum atomic E-state index is -0.0682. The molecule has 0 amide bonds. The van der Waals surface area contributed by atoms with E-state index in [9.17, 15) is 0 Å². The molecule has 1 aliphatic rings. The molecule has 0 heterocycles. The Morgan fingerprint density at radius 3 is 2.04 bits per heavy atom. The summed E-state index contributed by atoms with van der Waals surface area (Å²) < 4.78 is 0. The van der Waals surface area contributed by atoms with Crippen molar-refractivity contribution in [3.63, 3.8) is 0 Å². The van der Waals surface area contributed by atoms with Crippen molar-refractivity contribution in [2.75, 3.05) is 0 Å². The third-order valence-corrected chi connectivity index (χ3v) is 6.15. The summed E-state index contributed by atoms with van der Waals surface area (Å²) in [6, 6.07) is 20.1. The van der Waals surface area contributed by atoms with E-state index in [0.717, 1.165) is 5.02 Å². The maximum absolute atomic E-state index is 6.34. The summed E-state index contributed by atoms with van der Waals surface area (Å²) in [6.07, 6.45) is 0. The summed E-state index contributed by atoms with van der Waals surface area (Å²) >= 11 is 6.34. The normalized spacial score (nSPS) is 14.8. The molecule has 0 spiro atoms. The van der Waals surface area contributed by atoms with Crippen molar-refractivity contribution in [2.45, 2.75) is 52.4 Å². The second kappa shape index (κ2) is 5.97. The van der Waals surface area contributed by atoms with E-state index in [-0.39, 0.29) is 10.8 Å². The van der Waals surface area contributed by atoms with Crippen LogP contribution in [-0.2, 0) is 10.8 Å². The van der Waals surface area contributed by atoms with Crippen LogP contribution in [0.3, 0.4) is 0 Å². The molecule has 138 valence electrons. The third kappa shape index (κ3) is 2.91. The second-order valence-electron chi connectivity index (χ2n) is 9.38. The topological polar surface area (TPSA) is 0 Å². The molecule has 0 saturated carbocycles. The van der Waals surface area contributed by atoms with Gasteiger partial charge in [-0.3, -0.25) is 0 Å². The highest BCUT2D eigenvalue weighted by Crippen LogP contribution is 2.53. The minimum Gasteiger partial charge on any atom is -0.0843 e. The molecule has 0 radical (unpaired) electrons. The van der Waals surface area contributed by atoms with Crippen molar-refractivity contribution in [3.05, 3.63) is 81.9 Å². The van der Waals surface area contributed by atoms with Crippen LogP contribution in [-0.4, -0.2) is 0 Å². The first kappa shape index (κ1) is 18.3. The molecule has 1 heteroatoms. The Hall–Kier alpha value is -2.05. The van der Waals surface area contributed by atoms with Gasteiger partial charge in [0.25, 0.3) is 0 Å². The zero-order valence-corrected chi connectivity index (χ0v) is 17.8. The van der Waals surface area contributed by atoms with Gasteiger partial charge in [0.2, 0.25) is 0 Å². The molecule has 0 saturated heterocycles. The van der Waals surface area contributed by atoms with Gasteiger partial charge in [0.1, 0.15) is 0 Å². The molecule has 0 N–H and O–H groups in total. The van der Waals surface area contributed by atoms with Crippen LogP contribution in [0.25, 0.3) is 22.3 Å². The largest absolute Gasteiger partial charge is 0.0843 e. The maximum atomic E-state index is 6.34. The highest BCUT2D eigenvalue weighted by Gasteiger charge is 2.38. The van der Waals surface area contributed by atoms with Crippen molar-refractivity contribution in [3.8, 4) is 22.3 Å². The van der Waals surface area contributed by atoms with Crippen LogP contribution in [0.1, 0.15) is 56.9 Å². The zero-order chi connectivity index (χ0) is 19.6. The van der Waals surface area contributed by atoms with Gasteiger partial charge in [-0.15, -0.1) is 0 Å². The van der Waals surface area contributed by atoms with Gasteiger partial charge in [-0.05, 0) is 69.0 Å². The Kier molecular flexibility index (Phi) is 4.05.